The molecule has 0 radical (unpaired) electrons. The van der Waals surface area contributed by atoms with Gasteiger partial charge in [-0.3, -0.25) is 9.59 Å². The average molecular weight is 229 g/mol. The fourth-order valence-electron chi connectivity index (χ4n) is 2.09. The van der Waals surface area contributed by atoms with Crippen LogP contribution in [-0.4, -0.2) is 46.7 Å². The van der Waals surface area contributed by atoms with Gasteiger partial charge in [-0.2, -0.15) is 0 Å². The molecule has 1 saturated heterocycles. The van der Waals surface area contributed by atoms with Crippen LogP contribution in [0.15, 0.2) is 0 Å². The second-order valence-electron chi connectivity index (χ2n) is 4.32. The number of likely N-dealkylation sites (tertiary alicyclic amines) is 1. The Morgan fingerprint density at radius 1 is 1.19 bits per heavy atom. The molecule has 0 aromatic carbocycles. The van der Waals surface area contributed by atoms with Gasteiger partial charge in [0, 0.05) is 0 Å². The Hall–Kier alpha value is -1.10. The predicted molar refractivity (Wildman–Crippen MR) is 58.3 cm³/mol. The summed E-state index contributed by atoms with van der Waals surface area (Å²) in [5.41, 5.74) is 0. The summed E-state index contributed by atoms with van der Waals surface area (Å²) in [5.74, 6) is -2.77. The molecular formula is C11H19NO4. The van der Waals surface area contributed by atoms with Gasteiger partial charge in [0.05, 0.1) is 12.3 Å². The maximum absolute atomic E-state index is 10.8. The maximum atomic E-state index is 10.8. The molecule has 1 aliphatic rings. The van der Waals surface area contributed by atoms with E-state index in [0.29, 0.717) is 6.42 Å². The van der Waals surface area contributed by atoms with Crippen molar-refractivity contribution < 1.29 is 19.8 Å². The molecule has 0 spiro atoms. The van der Waals surface area contributed by atoms with Crippen LogP contribution in [0, 0.1) is 5.92 Å². The molecule has 0 bridgehead atoms. The first kappa shape index (κ1) is 13.0. The van der Waals surface area contributed by atoms with Crippen LogP contribution in [0.2, 0.25) is 0 Å². The highest BCUT2D eigenvalue weighted by molar-refractivity contribution is 5.77. The molecule has 1 unspecified atom stereocenters. The van der Waals surface area contributed by atoms with Crippen molar-refractivity contribution in [3.63, 3.8) is 0 Å². The highest BCUT2D eigenvalue weighted by Crippen LogP contribution is 2.14. The number of rotatable bonds is 7. The number of carbonyl (C=O) groups is 2. The Kier molecular flexibility index (Phi) is 5.25. The van der Waals surface area contributed by atoms with Gasteiger partial charge >= 0.3 is 11.9 Å². The van der Waals surface area contributed by atoms with Crippen LogP contribution in [0.4, 0.5) is 0 Å². The molecule has 1 fully saturated rings. The summed E-state index contributed by atoms with van der Waals surface area (Å²) < 4.78 is 0. The number of carboxylic acids is 2. The lowest BCUT2D eigenvalue weighted by Crippen LogP contribution is -2.23. The summed E-state index contributed by atoms with van der Waals surface area (Å²) in [5, 5.41) is 17.4. The zero-order valence-electron chi connectivity index (χ0n) is 9.39. The molecule has 92 valence electrons. The highest BCUT2D eigenvalue weighted by atomic mass is 16.4. The van der Waals surface area contributed by atoms with Gasteiger partial charge in [0.1, 0.15) is 0 Å². The van der Waals surface area contributed by atoms with E-state index in [0.717, 1.165) is 26.1 Å². The van der Waals surface area contributed by atoms with Gasteiger partial charge in [0.25, 0.3) is 0 Å². The largest absolute Gasteiger partial charge is 0.481 e. The van der Waals surface area contributed by atoms with Crippen LogP contribution in [0.3, 0.4) is 0 Å². The number of hydrogen-bond acceptors (Lipinski definition) is 3. The minimum atomic E-state index is -1.03. The van der Waals surface area contributed by atoms with Crippen molar-refractivity contribution in [1.29, 1.82) is 0 Å². The Morgan fingerprint density at radius 3 is 2.31 bits per heavy atom. The molecular weight excluding hydrogens is 210 g/mol. The molecule has 1 heterocycles. The fraction of sp³-hybridized carbons (Fsp3) is 0.818. The van der Waals surface area contributed by atoms with Crippen LogP contribution >= 0.6 is 0 Å². The molecule has 0 aromatic rings. The third-order valence-corrected chi connectivity index (χ3v) is 3.00. The van der Waals surface area contributed by atoms with E-state index in [9.17, 15) is 9.59 Å². The van der Waals surface area contributed by atoms with Crippen LogP contribution < -0.4 is 0 Å². The van der Waals surface area contributed by atoms with Crippen molar-refractivity contribution in [3.8, 4) is 0 Å². The zero-order valence-corrected chi connectivity index (χ0v) is 9.39. The summed E-state index contributed by atoms with van der Waals surface area (Å²) in [4.78, 5) is 23.6. The molecule has 0 aliphatic carbocycles. The summed E-state index contributed by atoms with van der Waals surface area (Å²) in [6.45, 7) is 3.08. The minimum Gasteiger partial charge on any atom is -0.481 e. The van der Waals surface area contributed by atoms with Crippen molar-refractivity contribution in [2.24, 2.45) is 5.92 Å². The van der Waals surface area contributed by atoms with E-state index < -0.39 is 17.9 Å². The first-order valence-electron chi connectivity index (χ1n) is 5.76. The Bertz CT molecular complexity index is 248. The number of aliphatic carboxylic acids is 2. The van der Waals surface area contributed by atoms with Crippen molar-refractivity contribution in [2.75, 3.05) is 19.6 Å². The number of carboxylic acid groups (broad SMARTS) is 2. The van der Waals surface area contributed by atoms with E-state index >= 15 is 0 Å². The van der Waals surface area contributed by atoms with Gasteiger partial charge in [-0.15, -0.1) is 0 Å². The van der Waals surface area contributed by atoms with Crippen molar-refractivity contribution >= 4 is 11.9 Å². The Morgan fingerprint density at radius 2 is 1.81 bits per heavy atom. The lowest BCUT2D eigenvalue weighted by molar-refractivity contribution is -0.148. The summed E-state index contributed by atoms with van der Waals surface area (Å²) >= 11 is 0. The van der Waals surface area contributed by atoms with Crippen LogP contribution in [0.1, 0.15) is 32.1 Å². The summed E-state index contributed by atoms with van der Waals surface area (Å²) in [6.07, 6.45) is 3.40. The molecule has 1 rings (SSSR count). The fourth-order valence-corrected chi connectivity index (χ4v) is 2.09. The molecule has 2 N–H and O–H groups in total. The van der Waals surface area contributed by atoms with Gasteiger partial charge in [0.2, 0.25) is 0 Å². The van der Waals surface area contributed by atoms with Crippen molar-refractivity contribution in [2.45, 2.75) is 32.1 Å². The van der Waals surface area contributed by atoms with Gasteiger partial charge in [-0.05, 0) is 45.3 Å². The van der Waals surface area contributed by atoms with Gasteiger partial charge in [0.15, 0.2) is 0 Å². The zero-order chi connectivity index (χ0) is 12.0. The van der Waals surface area contributed by atoms with Gasteiger partial charge in [-0.25, -0.2) is 0 Å². The van der Waals surface area contributed by atoms with E-state index in [2.05, 4.69) is 4.90 Å². The molecule has 5 heteroatoms. The Balaban J connectivity index is 2.21. The molecule has 5 nitrogen and oxygen atoms in total. The number of nitrogens with zero attached hydrogens (tertiary/aromatic N) is 1. The van der Waals surface area contributed by atoms with Crippen LogP contribution in [0.5, 0.6) is 0 Å². The van der Waals surface area contributed by atoms with E-state index in [-0.39, 0.29) is 6.42 Å². The lowest BCUT2D eigenvalue weighted by atomic mass is 9.99. The van der Waals surface area contributed by atoms with E-state index in [1.54, 1.807) is 0 Å². The molecule has 1 aliphatic heterocycles. The van der Waals surface area contributed by atoms with E-state index in [1.807, 2.05) is 0 Å². The van der Waals surface area contributed by atoms with E-state index in [4.69, 9.17) is 10.2 Å². The van der Waals surface area contributed by atoms with Gasteiger partial charge < -0.3 is 15.1 Å². The molecule has 0 saturated carbocycles. The summed E-state index contributed by atoms with van der Waals surface area (Å²) in [7, 11) is 0. The predicted octanol–water partition coefficient (Wildman–Crippen LogP) is 1.04. The first-order valence-corrected chi connectivity index (χ1v) is 5.76. The standard InChI is InChI=1S/C11H19NO4/c13-10(14)8-9(11(15)16)4-3-7-12-5-1-2-6-12/h9H,1-8H2,(H,13,14)(H,15,16). The average Bonchev–Trinajstić information content (AvgIpc) is 2.68. The van der Waals surface area contributed by atoms with Gasteiger partial charge in [-0.1, -0.05) is 0 Å². The monoisotopic (exact) mass is 229 g/mol. The Labute approximate surface area is 95.1 Å². The second-order valence-corrected chi connectivity index (χ2v) is 4.32. The lowest BCUT2D eigenvalue weighted by Gasteiger charge is -2.15. The smallest absolute Gasteiger partial charge is 0.307 e. The quantitative estimate of drug-likeness (QED) is 0.682. The third-order valence-electron chi connectivity index (χ3n) is 3.00. The van der Waals surface area contributed by atoms with Crippen molar-refractivity contribution in [1.82, 2.24) is 4.90 Å². The van der Waals surface area contributed by atoms with Crippen molar-refractivity contribution in [3.05, 3.63) is 0 Å². The maximum Gasteiger partial charge on any atom is 0.307 e. The molecule has 0 amide bonds. The molecule has 0 aromatic heterocycles. The summed E-state index contributed by atoms with van der Waals surface area (Å²) in [6, 6.07) is 0. The number of hydrogen-bond donors (Lipinski definition) is 2. The first-order chi connectivity index (χ1) is 7.59. The van der Waals surface area contributed by atoms with Crippen LogP contribution in [-0.2, 0) is 9.59 Å². The SMILES string of the molecule is O=C(O)CC(CCCN1CCCC1)C(=O)O. The van der Waals surface area contributed by atoms with E-state index in [1.165, 1.54) is 12.8 Å². The third kappa shape index (κ3) is 4.61. The minimum absolute atomic E-state index is 0.269. The second kappa shape index (κ2) is 6.48. The normalized spacial score (nSPS) is 18.5. The topological polar surface area (TPSA) is 77.8 Å². The molecule has 1 atom stereocenters. The molecule has 16 heavy (non-hydrogen) atoms. The van der Waals surface area contributed by atoms with Crippen LogP contribution in [0.25, 0.3) is 0 Å². The highest BCUT2D eigenvalue weighted by Gasteiger charge is 2.21.